The van der Waals surface area contributed by atoms with Gasteiger partial charge in [-0.2, -0.15) is 0 Å². The molecule has 0 spiro atoms. The minimum Gasteiger partial charge on any atom is -0.296 e. The predicted molar refractivity (Wildman–Crippen MR) is 99.5 cm³/mol. The molecule has 130 valence electrons. The average molecular weight is 376 g/mol. The van der Waals surface area contributed by atoms with Gasteiger partial charge in [-0.15, -0.1) is 11.3 Å². The zero-order valence-electron chi connectivity index (χ0n) is 14.0. The minimum atomic E-state index is -0.329. The third kappa shape index (κ3) is 3.74. The van der Waals surface area contributed by atoms with E-state index >= 15 is 0 Å². The summed E-state index contributed by atoms with van der Waals surface area (Å²) < 4.78 is 14.9. The summed E-state index contributed by atoms with van der Waals surface area (Å²) in [4.78, 5) is 21.4. The van der Waals surface area contributed by atoms with Crippen LogP contribution >= 0.6 is 23.1 Å². The summed E-state index contributed by atoms with van der Waals surface area (Å²) in [6, 6.07) is 5.95. The molecular formula is C17H17FN4OS2. The van der Waals surface area contributed by atoms with Crippen LogP contribution < -0.4 is 5.32 Å². The van der Waals surface area contributed by atoms with E-state index in [1.165, 1.54) is 41.4 Å². The number of carbonyl (C=O) groups is 1. The van der Waals surface area contributed by atoms with Crippen LogP contribution in [0.3, 0.4) is 0 Å². The highest BCUT2D eigenvalue weighted by molar-refractivity contribution is 7.98. The first-order valence-electron chi connectivity index (χ1n) is 7.64. The fourth-order valence-electron chi connectivity index (χ4n) is 2.25. The van der Waals surface area contributed by atoms with E-state index in [-0.39, 0.29) is 11.7 Å². The smallest absolute Gasteiger partial charge is 0.276 e. The Morgan fingerprint density at radius 3 is 2.64 bits per heavy atom. The van der Waals surface area contributed by atoms with E-state index in [1.54, 1.807) is 16.7 Å². The lowest BCUT2D eigenvalue weighted by atomic mass is 10.2. The van der Waals surface area contributed by atoms with Gasteiger partial charge in [-0.1, -0.05) is 25.6 Å². The van der Waals surface area contributed by atoms with Crippen molar-refractivity contribution in [2.75, 3.05) is 11.6 Å². The van der Waals surface area contributed by atoms with Crippen molar-refractivity contribution in [1.29, 1.82) is 0 Å². The summed E-state index contributed by atoms with van der Waals surface area (Å²) in [5, 5.41) is 5.95. The second-order valence-electron chi connectivity index (χ2n) is 5.63. The van der Waals surface area contributed by atoms with Gasteiger partial charge >= 0.3 is 0 Å². The second kappa shape index (κ2) is 7.37. The molecule has 2 aromatic heterocycles. The number of amides is 1. The molecule has 0 bridgehead atoms. The summed E-state index contributed by atoms with van der Waals surface area (Å²) in [5.41, 5.74) is 1.99. The number of rotatable bonds is 5. The molecule has 0 aliphatic heterocycles. The molecule has 0 saturated heterocycles. The lowest BCUT2D eigenvalue weighted by Gasteiger charge is -2.10. The SMILES string of the molecule is CSc1ncc(C(=O)Nc2nc(C(C)C)cs2)n1-c1ccc(F)cc1. The highest BCUT2D eigenvalue weighted by Crippen LogP contribution is 2.25. The molecule has 2 heterocycles. The minimum absolute atomic E-state index is 0.301. The maximum atomic E-state index is 13.2. The van der Waals surface area contributed by atoms with Crippen LogP contribution in [0.2, 0.25) is 0 Å². The topological polar surface area (TPSA) is 59.8 Å². The van der Waals surface area contributed by atoms with Crippen LogP contribution in [0, 0.1) is 5.82 Å². The van der Waals surface area contributed by atoms with Crippen LogP contribution in [-0.2, 0) is 0 Å². The van der Waals surface area contributed by atoms with Gasteiger partial charge in [0.1, 0.15) is 11.5 Å². The third-order valence-corrected chi connectivity index (χ3v) is 4.99. The number of benzene rings is 1. The first-order chi connectivity index (χ1) is 12.0. The number of nitrogens with one attached hydrogen (secondary N) is 1. The van der Waals surface area contributed by atoms with Crippen molar-refractivity contribution < 1.29 is 9.18 Å². The van der Waals surface area contributed by atoms with E-state index < -0.39 is 0 Å². The highest BCUT2D eigenvalue weighted by Gasteiger charge is 2.19. The van der Waals surface area contributed by atoms with Crippen molar-refractivity contribution in [1.82, 2.24) is 14.5 Å². The fourth-order valence-corrected chi connectivity index (χ4v) is 3.66. The zero-order valence-corrected chi connectivity index (χ0v) is 15.6. The largest absolute Gasteiger partial charge is 0.296 e. The normalized spacial score (nSPS) is 11.1. The Bertz CT molecular complexity index is 886. The molecule has 0 fully saturated rings. The number of nitrogens with zero attached hydrogens (tertiary/aromatic N) is 3. The Balaban J connectivity index is 1.92. The Hall–Kier alpha value is -2.19. The molecule has 0 atom stereocenters. The number of anilines is 1. The van der Waals surface area contributed by atoms with Crippen LogP contribution in [0.4, 0.5) is 9.52 Å². The Morgan fingerprint density at radius 1 is 1.32 bits per heavy atom. The van der Waals surface area contributed by atoms with Gasteiger partial charge < -0.3 is 0 Å². The summed E-state index contributed by atoms with van der Waals surface area (Å²) in [5.74, 6) is -0.332. The molecule has 5 nitrogen and oxygen atoms in total. The maximum absolute atomic E-state index is 13.2. The van der Waals surface area contributed by atoms with E-state index in [0.717, 1.165) is 5.69 Å². The van der Waals surface area contributed by atoms with Gasteiger partial charge in [0.15, 0.2) is 10.3 Å². The van der Waals surface area contributed by atoms with Crippen molar-refractivity contribution in [2.24, 2.45) is 0 Å². The van der Waals surface area contributed by atoms with Crippen LogP contribution in [0.1, 0.15) is 35.9 Å². The molecule has 1 amide bonds. The number of halogens is 1. The molecule has 0 saturated carbocycles. The number of carbonyl (C=O) groups excluding carboxylic acids is 1. The number of imidazole rings is 1. The lowest BCUT2D eigenvalue weighted by Crippen LogP contribution is -2.16. The fraction of sp³-hybridized carbons (Fsp3) is 0.235. The van der Waals surface area contributed by atoms with E-state index in [2.05, 4.69) is 29.1 Å². The van der Waals surface area contributed by atoms with Crippen LogP contribution in [-0.4, -0.2) is 26.7 Å². The van der Waals surface area contributed by atoms with Gasteiger partial charge in [0.05, 0.1) is 11.9 Å². The van der Waals surface area contributed by atoms with Gasteiger partial charge in [-0.3, -0.25) is 14.7 Å². The van der Waals surface area contributed by atoms with E-state index in [1.807, 2.05) is 11.6 Å². The van der Waals surface area contributed by atoms with Crippen molar-refractivity contribution in [3.8, 4) is 5.69 Å². The summed E-state index contributed by atoms with van der Waals surface area (Å²) >= 11 is 2.80. The number of hydrogen-bond donors (Lipinski definition) is 1. The predicted octanol–water partition coefficient (Wildman–Crippen LogP) is 4.57. The Morgan fingerprint density at radius 2 is 2.04 bits per heavy atom. The lowest BCUT2D eigenvalue weighted by molar-refractivity contribution is 0.102. The molecule has 0 radical (unpaired) electrons. The Kier molecular flexibility index (Phi) is 5.19. The van der Waals surface area contributed by atoms with Gasteiger partial charge in [0, 0.05) is 11.1 Å². The third-order valence-electron chi connectivity index (χ3n) is 3.56. The monoisotopic (exact) mass is 376 g/mol. The standard InChI is InChI=1S/C17H17FN4OS2/c1-10(2)13-9-25-16(20-13)21-15(23)14-8-19-17(24-3)22(14)12-6-4-11(18)5-7-12/h4-10H,1-3H3,(H,20,21,23). The quantitative estimate of drug-likeness (QED) is 0.663. The van der Waals surface area contributed by atoms with Gasteiger partial charge in [0.2, 0.25) is 0 Å². The van der Waals surface area contributed by atoms with Gasteiger partial charge in [-0.05, 0) is 36.4 Å². The average Bonchev–Trinajstić information content (AvgIpc) is 3.22. The number of hydrogen-bond acceptors (Lipinski definition) is 5. The van der Waals surface area contributed by atoms with Gasteiger partial charge in [0.25, 0.3) is 5.91 Å². The molecule has 1 N–H and O–H groups in total. The second-order valence-corrected chi connectivity index (χ2v) is 7.26. The van der Waals surface area contributed by atoms with E-state index in [4.69, 9.17) is 0 Å². The van der Waals surface area contributed by atoms with Crippen molar-refractivity contribution >= 4 is 34.1 Å². The van der Waals surface area contributed by atoms with Crippen LogP contribution in [0.5, 0.6) is 0 Å². The number of thioether (sulfide) groups is 1. The van der Waals surface area contributed by atoms with Crippen LogP contribution in [0.15, 0.2) is 41.0 Å². The molecule has 3 rings (SSSR count). The maximum Gasteiger partial charge on any atom is 0.276 e. The summed E-state index contributed by atoms with van der Waals surface area (Å²) in [6.07, 6.45) is 3.39. The Labute approximate surface area is 153 Å². The zero-order chi connectivity index (χ0) is 18.0. The first kappa shape index (κ1) is 17.6. The van der Waals surface area contributed by atoms with E-state index in [9.17, 15) is 9.18 Å². The molecule has 3 aromatic rings. The van der Waals surface area contributed by atoms with Crippen molar-refractivity contribution in [3.05, 3.63) is 53.0 Å². The van der Waals surface area contributed by atoms with Crippen molar-refractivity contribution in [2.45, 2.75) is 24.9 Å². The molecule has 0 aliphatic carbocycles. The molecular weight excluding hydrogens is 359 g/mol. The highest BCUT2D eigenvalue weighted by atomic mass is 32.2. The number of aromatic nitrogens is 3. The molecule has 8 heteroatoms. The summed E-state index contributed by atoms with van der Waals surface area (Å²) in [6.45, 7) is 4.10. The van der Waals surface area contributed by atoms with E-state index in [0.29, 0.717) is 27.6 Å². The first-order valence-corrected chi connectivity index (χ1v) is 9.74. The van der Waals surface area contributed by atoms with Crippen molar-refractivity contribution in [3.63, 3.8) is 0 Å². The number of thiazole rings is 1. The molecule has 25 heavy (non-hydrogen) atoms. The molecule has 1 aromatic carbocycles. The summed E-state index contributed by atoms with van der Waals surface area (Å²) in [7, 11) is 0. The van der Waals surface area contributed by atoms with Gasteiger partial charge in [-0.25, -0.2) is 14.4 Å². The molecule has 0 unspecified atom stereocenters. The molecule has 0 aliphatic rings. The van der Waals surface area contributed by atoms with Crippen LogP contribution in [0.25, 0.3) is 5.69 Å².